The first-order chi connectivity index (χ1) is 12.1. The lowest BCUT2D eigenvalue weighted by Crippen LogP contribution is -2.45. The van der Waals surface area contributed by atoms with Gasteiger partial charge >= 0.3 is 0 Å². The van der Waals surface area contributed by atoms with E-state index in [1.807, 2.05) is 13.0 Å². The van der Waals surface area contributed by atoms with E-state index in [-0.39, 0.29) is 29.7 Å². The number of nitrogens with zero attached hydrogens (tertiary/aromatic N) is 2. The number of aromatic amines is 1. The molecule has 1 aromatic heterocycles. The Bertz CT molecular complexity index is 1030. The monoisotopic (exact) mass is 335 g/mol. The number of nitrogens with one attached hydrogen (secondary N) is 1. The number of fused-ring (bicyclic) bond motifs is 1. The van der Waals surface area contributed by atoms with Crippen LogP contribution >= 0.6 is 0 Å². The summed E-state index contributed by atoms with van der Waals surface area (Å²) in [7, 11) is 0. The lowest BCUT2D eigenvalue weighted by atomic mass is 10.1. The number of benzene rings is 1. The molecule has 2 aromatic rings. The van der Waals surface area contributed by atoms with Gasteiger partial charge in [0.1, 0.15) is 5.82 Å². The van der Waals surface area contributed by atoms with Crippen molar-refractivity contribution in [2.24, 2.45) is 0 Å². The number of amides is 2. The van der Waals surface area contributed by atoms with Gasteiger partial charge in [-0.1, -0.05) is 30.4 Å². The third-order valence-electron chi connectivity index (χ3n) is 3.95. The molecule has 25 heavy (non-hydrogen) atoms. The first-order valence-corrected chi connectivity index (χ1v) is 7.90. The Labute approximate surface area is 143 Å². The molecule has 126 valence electrons. The molecule has 1 N–H and O–H groups in total. The molecule has 0 unspecified atom stereocenters. The second-order valence-electron chi connectivity index (χ2n) is 5.53. The lowest BCUT2D eigenvalue weighted by molar-refractivity contribution is 0.0638. The van der Waals surface area contributed by atoms with Crippen molar-refractivity contribution >= 4 is 24.0 Å². The van der Waals surface area contributed by atoms with Gasteiger partial charge in [-0.15, -0.1) is 0 Å². The third kappa shape index (κ3) is 2.94. The number of aromatic nitrogens is 2. The van der Waals surface area contributed by atoms with Crippen LogP contribution in [0.3, 0.4) is 0 Å². The molecule has 3 rings (SSSR count). The molecule has 6 nitrogen and oxygen atoms in total. The summed E-state index contributed by atoms with van der Waals surface area (Å²) in [6, 6.07) is 6.66. The van der Waals surface area contributed by atoms with Crippen LogP contribution in [-0.2, 0) is 6.54 Å². The van der Waals surface area contributed by atoms with E-state index in [1.165, 1.54) is 0 Å². The van der Waals surface area contributed by atoms with Crippen LogP contribution in [0, 0.1) is 0 Å². The van der Waals surface area contributed by atoms with Crippen molar-refractivity contribution in [3.63, 3.8) is 0 Å². The SMILES string of the molecule is C\C=C/C=c1/c(=O)[nH]c(CN2C(=O)c3ccccc3C2=O)n/c1=C/C. The zero-order valence-electron chi connectivity index (χ0n) is 13.9. The normalized spacial score (nSPS) is 15.5. The highest BCUT2D eigenvalue weighted by atomic mass is 16.2. The molecule has 6 heteroatoms. The molecule has 0 saturated heterocycles. The van der Waals surface area contributed by atoms with Crippen molar-refractivity contribution in [2.45, 2.75) is 20.4 Å². The molecule has 0 bridgehead atoms. The van der Waals surface area contributed by atoms with Gasteiger partial charge in [0.05, 0.1) is 28.2 Å². The van der Waals surface area contributed by atoms with E-state index in [0.717, 1.165) is 4.90 Å². The summed E-state index contributed by atoms with van der Waals surface area (Å²) in [4.78, 5) is 45.3. The molecule has 0 fully saturated rings. The van der Waals surface area contributed by atoms with Gasteiger partial charge in [-0.2, -0.15) is 0 Å². The van der Waals surface area contributed by atoms with Gasteiger partial charge < -0.3 is 4.98 Å². The minimum absolute atomic E-state index is 0.0771. The summed E-state index contributed by atoms with van der Waals surface area (Å²) in [5.41, 5.74) is 0.429. The van der Waals surface area contributed by atoms with Crippen LogP contribution in [0.1, 0.15) is 40.4 Å². The predicted octanol–water partition coefficient (Wildman–Crippen LogP) is 0.723. The van der Waals surface area contributed by atoms with Crippen molar-refractivity contribution in [1.82, 2.24) is 14.9 Å². The molecule has 0 spiro atoms. The van der Waals surface area contributed by atoms with Gasteiger partial charge in [0.25, 0.3) is 17.4 Å². The predicted molar refractivity (Wildman–Crippen MR) is 94.2 cm³/mol. The second kappa shape index (κ2) is 6.68. The summed E-state index contributed by atoms with van der Waals surface area (Å²) in [6.45, 7) is 3.55. The highest BCUT2D eigenvalue weighted by Gasteiger charge is 2.35. The average molecular weight is 335 g/mol. The Morgan fingerprint density at radius 3 is 2.28 bits per heavy atom. The summed E-state index contributed by atoms with van der Waals surface area (Å²) >= 11 is 0. The van der Waals surface area contributed by atoms with Crippen LogP contribution in [-0.4, -0.2) is 26.7 Å². The van der Waals surface area contributed by atoms with Crippen LogP contribution in [0.15, 0.2) is 41.2 Å². The topological polar surface area (TPSA) is 83.1 Å². The maximum Gasteiger partial charge on any atom is 0.261 e. The summed E-state index contributed by atoms with van der Waals surface area (Å²) in [6.07, 6.45) is 6.96. The summed E-state index contributed by atoms with van der Waals surface area (Å²) in [5, 5.41) is 0.945. The van der Waals surface area contributed by atoms with Crippen molar-refractivity contribution in [3.05, 3.63) is 74.3 Å². The van der Waals surface area contributed by atoms with Crippen molar-refractivity contribution < 1.29 is 9.59 Å². The van der Waals surface area contributed by atoms with Gasteiger partial charge in [-0.05, 0) is 32.1 Å². The van der Waals surface area contributed by atoms with E-state index in [2.05, 4.69) is 9.97 Å². The molecule has 0 atom stereocenters. The Hall–Kier alpha value is -3.28. The highest BCUT2D eigenvalue weighted by molar-refractivity contribution is 6.21. The molecule has 1 aliphatic rings. The Balaban J connectivity index is 2.01. The molecule has 2 heterocycles. The summed E-state index contributed by atoms with van der Waals surface area (Å²) in [5.74, 6) is -0.491. The summed E-state index contributed by atoms with van der Waals surface area (Å²) < 4.78 is 0. The van der Waals surface area contributed by atoms with Gasteiger partial charge in [-0.25, -0.2) is 4.98 Å². The number of hydrogen-bond donors (Lipinski definition) is 1. The van der Waals surface area contributed by atoms with Crippen molar-refractivity contribution in [2.75, 3.05) is 0 Å². The van der Waals surface area contributed by atoms with Crippen molar-refractivity contribution in [1.29, 1.82) is 0 Å². The largest absolute Gasteiger partial charge is 0.308 e. The fourth-order valence-electron chi connectivity index (χ4n) is 2.73. The van der Waals surface area contributed by atoms with E-state index in [0.29, 0.717) is 21.7 Å². The van der Waals surface area contributed by atoms with E-state index < -0.39 is 0 Å². The molecule has 1 aromatic carbocycles. The Kier molecular flexibility index (Phi) is 4.43. The molecule has 1 aliphatic heterocycles. The van der Waals surface area contributed by atoms with Crippen LogP contribution in [0.5, 0.6) is 0 Å². The van der Waals surface area contributed by atoms with Crippen LogP contribution in [0.25, 0.3) is 12.2 Å². The number of allylic oxidation sites excluding steroid dienone is 2. The quantitative estimate of drug-likeness (QED) is 0.838. The maximum absolute atomic E-state index is 12.4. The maximum atomic E-state index is 12.4. The van der Waals surface area contributed by atoms with E-state index in [4.69, 9.17) is 0 Å². The van der Waals surface area contributed by atoms with E-state index >= 15 is 0 Å². The number of carbonyl (C=O) groups excluding carboxylic acids is 2. The number of imide groups is 1. The highest BCUT2D eigenvalue weighted by Crippen LogP contribution is 2.23. The molecule has 0 aliphatic carbocycles. The first-order valence-electron chi connectivity index (χ1n) is 7.90. The fourth-order valence-corrected chi connectivity index (χ4v) is 2.73. The minimum Gasteiger partial charge on any atom is -0.308 e. The smallest absolute Gasteiger partial charge is 0.261 e. The minimum atomic E-state index is -0.380. The standard InChI is InChI=1S/C19H17N3O3/c1-3-5-8-14-15(4-2)20-16(21-17(14)23)11-22-18(24)12-9-6-7-10-13(12)19(22)25/h3-10H,11H2,1-2H3,(H,20,21,23)/b5-3-,14-8+,15-4+. The number of H-pyrrole nitrogens is 1. The van der Waals surface area contributed by atoms with Crippen LogP contribution in [0.2, 0.25) is 0 Å². The third-order valence-corrected chi connectivity index (χ3v) is 3.95. The molecule has 0 saturated carbocycles. The average Bonchev–Trinajstić information content (AvgIpc) is 2.86. The van der Waals surface area contributed by atoms with Crippen LogP contribution in [0.4, 0.5) is 0 Å². The Morgan fingerprint density at radius 1 is 1.08 bits per heavy atom. The van der Waals surface area contributed by atoms with Gasteiger partial charge in [0.2, 0.25) is 0 Å². The molecular weight excluding hydrogens is 318 g/mol. The van der Waals surface area contributed by atoms with Gasteiger partial charge in [0.15, 0.2) is 0 Å². The first kappa shape index (κ1) is 16.6. The lowest BCUT2D eigenvalue weighted by Gasteiger charge is -2.12. The fraction of sp³-hybridized carbons (Fsp3) is 0.158. The number of carbonyl (C=O) groups is 2. The van der Waals surface area contributed by atoms with Crippen LogP contribution < -0.4 is 16.1 Å². The van der Waals surface area contributed by atoms with Gasteiger partial charge in [0, 0.05) is 0 Å². The van der Waals surface area contributed by atoms with Crippen molar-refractivity contribution in [3.8, 4) is 0 Å². The zero-order valence-corrected chi connectivity index (χ0v) is 13.9. The number of rotatable bonds is 3. The molecular formula is C19H17N3O3. The second-order valence-corrected chi connectivity index (χ2v) is 5.53. The number of hydrogen-bond acceptors (Lipinski definition) is 4. The molecule has 2 amide bonds. The molecule has 0 radical (unpaired) electrons. The van der Waals surface area contributed by atoms with Gasteiger partial charge in [-0.3, -0.25) is 19.3 Å². The Morgan fingerprint density at radius 2 is 1.72 bits per heavy atom. The van der Waals surface area contributed by atoms with E-state index in [9.17, 15) is 14.4 Å². The zero-order chi connectivity index (χ0) is 18.0. The van der Waals surface area contributed by atoms with E-state index in [1.54, 1.807) is 49.4 Å².